The molecule has 1 rings (SSSR count). The molecule has 0 aromatic rings. The van der Waals surface area contributed by atoms with Crippen molar-refractivity contribution < 1.29 is 5.11 Å². The molecule has 0 aromatic carbocycles. The molecule has 0 saturated carbocycles. The van der Waals surface area contributed by atoms with Crippen molar-refractivity contribution in [1.29, 1.82) is 0 Å². The molecule has 1 aliphatic rings. The van der Waals surface area contributed by atoms with Crippen LogP contribution in [0.25, 0.3) is 0 Å². The van der Waals surface area contributed by atoms with E-state index in [0.29, 0.717) is 25.9 Å². The predicted molar refractivity (Wildman–Crippen MR) is 30.2 cm³/mol. The van der Waals surface area contributed by atoms with Crippen LogP contribution < -0.4 is 0 Å². The Bertz CT molecular complexity index is 58.8. The van der Waals surface area contributed by atoms with Gasteiger partial charge in [-0.15, -0.1) is 0 Å². The van der Waals surface area contributed by atoms with E-state index in [-0.39, 0.29) is 6.10 Å². The molecule has 1 saturated heterocycles. The molecule has 0 amide bonds. The van der Waals surface area contributed by atoms with E-state index in [9.17, 15) is 5.21 Å². The van der Waals surface area contributed by atoms with Gasteiger partial charge in [0.15, 0.2) is 0 Å². The molecule has 1 fully saturated rings. The minimum Gasteiger partial charge on any atom is -0.785 e. The molecule has 0 aliphatic carbocycles. The van der Waals surface area contributed by atoms with Gasteiger partial charge in [-0.1, -0.05) is 0 Å². The van der Waals surface area contributed by atoms with E-state index >= 15 is 0 Å². The molecule has 0 aromatic heterocycles. The zero-order chi connectivity index (χ0) is 5.98. The SMILES string of the molecule is [O-]N1CCC(O)CC1. The summed E-state index contributed by atoms with van der Waals surface area (Å²) in [4.78, 5) is 0. The van der Waals surface area contributed by atoms with Crippen LogP contribution in [-0.4, -0.2) is 29.4 Å². The topological polar surface area (TPSA) is 46.5 Å². The average Bonchev–Trinajstić information content (AvgIpc) is 1.77. The van der Waals surface area contributed by atoms with Gasteiger partial charge in [0.1, 0.15) is 0 Å². The minimum atomic E-state index is -0.222. The van der Waals surface area contributed by atoms with Crippen LogP contribution in [0.4, 0.5) is 0 Å². The molecule has 0 atom stereocenters. The highest BCUT2D eigenvalue weighted by Gasteiger charge is 2.09. The Hall–Kier alpha value is -0.120. The van der Waals surface area contributed by atoms with Gasteiger partial charge in [-0.05, 0) is 25.9 Å². The third-order valence-electron chi connectivity index (χ3n) is 1.42. The van der Waals surface area contributed by atoms with Gasteiger partial charge in [-0.25, -0.2) is 0 Å². The number of rotatable bonds is 0. The smallest absolute Gasteiger partial charge is 0.0564 e. The summed E-state index contributed by atoms with van der Waals surface area (Å²) in [7, 11) is 0. The van der Waals surface area contributed by atoms with Crippen LogP contribution in [0.1, 0.15) is 12.8 Å². The van der Waals surface area contributed by atoms with Crippen molar-refractivity contribution in [2.75, 3.05) is 13.1 Å². The van der Waals surface area contributed by atoms with Crippen LogP contribution >= 0.6 is 0 Å². The van der Waals surface area contributed by atoms with Crippen molar-refractivity contribution in [1.82, 2.24) is 5.06 Å². The van der Waals surface area contributed by atoms with Gasteiger partial charge in [-0.3, -0.25) is 0 Å². The summed E-state index contributed by atoms with van der Waals surface area (Å²) in [6.07, 6.45) is 1.06. The van der Waals surface area contributed by atoms with Gasteiger partial charge in [0.2, 0.25) is 0 Å². The Morgan fingerprint density at radius 2 is 1.88 bits per heavy atom. The van der Waals surface area contributed by atoms with Crippen molar-refractivity contribution in [2.24, 2.45) is 0 Å². The van der Waals surface area contributed by atoms with Crippen LogP contribution in [0.2, 0.25) is 0 Å². The summed E-state index contributed by atoms with van der Waals surface area (Å²) >= 11 is 0. The molecule has 0 unspecified atom stereocenters. The lowest BCUT2D eigenvalue weighted by molar-refractivity contribution is 0.102. The fraction of sp³-hybridized carbons (Fsp3) is 1.00. The summed E-state index contributed by atoms with van der Waals surface area (Å²) < 4.78 is 0. The first-order valence-electron chi connectivity index (χ1n) is 2.89. The van der Waals surface area contributed by atoms with Gasteiger partial charge in [0, 0.05) is 0 Å². The van der Waals surface area contributed by atoms with Crippen LogP contribution in [0.5, 0.6) is 0 Å². The molecule has 1 heterocycles. The third-order valence-corrected chi connectivity index (χ3v) is 1.42. The van der Waals surface area contributed by atoms with E-state index in [4.69, 9.17) is 5.11 Å². The number of aliphatic hydroxyl groups is 1. The molecule has 0 spiro atoms. The highest BCUT2D eigenvalue weighted by Crippen LogP contribution is 2.07. The number of hydrogen-bond donors (Lipinski definition) is 1. The minimum absolute atomic E-state index is 0.222. The standard InChI is InChI=1S/C5H10NO2/c7-5-1-3-6(8)4-2-5/h5,7H,1-4H2/q-1. The first-order chi connectivity index (χ1) is 3.79. The summed E-state index contributed by atoms with van der Waals surface area (Å²) in [5.41, 5.74) is 0. The van der Waals surface area contributed by atoms with E-state index in [1.54, 1.807) is 0 Å². The molecule has 0 bridgehead atoms. The van der Waals surface area contributed by atoms with Crippen molar-refractivity contribution in [2.45, 2.75) is 18.9 Å². The fourth-order valence-electron chi connectivity index (χ4n) is 0.842. The molecule has 48 valence electrons. The number of aliphatic hydroxyl groups excluding tert-OH is 1. The van der Waals surface area contributed by atoms with E-state index in [1.807, 2.05) is 0 Å². The van der Waals surface area contributed by atoms with Crippen molar-refractivity contribution in [3.8, 4) is 0 Å². The fourth-order valence-corrected chi connectivity index (χ4v) is 0.842. The van der Waals surface area contributed by atoms with E-state index < -0.39 is 0 Å². The summed E-state index contributed by atoms with van der Waals surface area (Å²) in [5.74, 6) is 0. The van der Waals surface area contributed by atoms with Crippen molar-refractivity contribution in [3.05, 3.63) is 5.21 Å². The van der Waals surface area contributed by atoms with E-state index in [1.165, 1.54) is 0 Å². The number of nitrogens with zero attached hydrogens (tertiary/aromatic N) is 1. The van der Waals surface area contributed by atoms with Crippen LogP contribution in [0.15, 0.2) is 0 Å². The summed E-state index contributed by atoms with van der Waals surface area (Å²) in [5, 5.41) is 20.3. The van der Waals surface area contributed by atoms with E-state index in [2.05, 4.69) is 0 Å². The van der Waals surface area contributed by atoms with Crippen LogP contribution in [0.3, 0.4) is 0 Å². The lowest BCUT2D eigenvalue weighted by Gasteiger charge is -2.34. The largest absolute Gasteiger partial charge is 0.785 e. The van der Waals surface area contributed by atoms with Gasteiger partial charge in [0.25, 0.3) is 0 Å². The maximum absolute atomic E-state index is 10.4. The molecule has 3 heteroatoms. The lowest BCUT2D eigenvalue weighted by Crippen LogP contribution is -2.31. The molecule has 1 N–H and O–H groups in total. The second-order valence-electron chi connectivity index (χ2n) is 2.16. The zero-order valence-corrected chi connectivity index (χ0v) is 4.71. The Morgan fingerprint density at radius 3 is 2.25 bits per heavy atom. The summed E-state index contributed by atoms with van der Waals surface area (Å²) in [6, 6.07) is 0. The van der Waals surface area contributed by atoms with Gasteiger partial charge in [-0.2, -0.15) is 0 Å². The van der Waals surface area contributed by atoms with Crippen molar-refractivity contribution >= 4 is 0 Å². The monoisotopic (exact) mass is 116 g/mol. The lowest BCUT2D eigenvalue weighted by atomic mass is 10.1. The normalized spacial score (nSPS) is 26.2. The second kappa shape index (κ2) is 2.44. The highest BCUT2D eigenvalue weighted by molar-refractivity contribution is 4.70. The molecular weight excluding hydrogens is 106 g/mol. The number of hydroxylamine groups is 2. The van der Waals surface area contributed by atoms with Crippen LogP contribution in [0, 0.1) is 5.21 Å². The first kappa shape index (κ1) is 6.01. The predicted octanol–water partition coefficient (Wildman–Crippen LogP) is -0.0591. The van der Waals surface area contributed by atoms with Gasteiger partial charge >= 0.3 is 0 Å². The van der Waals surface area contributed by atoms with Crippen LogP contribution in [-0.2, 0) is 0 Å². The zero-order valence-electron chi connectivity index (χ0n) is 4.71. The quantitative estimate of drug-likeness (QED) is 0.482. The third kappa shape index (κ3) is 1.43. The number of hydrogen-bond acceptors (Lipinski definition) is 3. The Kier molecular flexibility index (Phi) is 1.83. The summed E-state index contributed by atoms with van der Waals surface area (Å²) in [6.45, 7) is 1.00. The van der Waals surface area contributed by atoms with E-state index in [0.717, 1.165) is 5.06 Å². The molecule has 1 aliphatic heterocycles. The molecular formula is C5H10NO2-. The second-order valence-corrected chi connectivity index (χ2v) is 2.16. The Morgan fingerprint density at radius 1 is 1.38 bits per heavy atom. The average molecular weight is 116 g/mol. The first-order valence-corrected chi connectivity index (χ1v) is 2.89. The van der Waals surface area contributed by atoms with Crippen molar-refractivity contribution in [3.63, 3.8) is 0 Å². The Balaban J connectivity index is 2.19. The van der Waals surface area contributed by atoms with Gasteiger partial charge < -0.3 is 15.4 Å². The molecule has 0 radical (unpaired) electrons. The maximum atomic E-state index is 10.4. The number of piperidine rings is 1. The van der Waals surface area contributed by atoms with Gasteiger partial charge in [0.05, 0.1) is 6.10 Å². The maximum Gasteiger partial charge on any atom is 0.0564 e. The Labute approximate surface area is 48.5 Å². The highest BCUT2D eigenvalue weighted by atomic mass is 16.5. The molecule has 8 heavy (non-hydrogen) atoms. The molecule has 3 nitrogen and oxygen atoms in total.